The van der Waals surface area contributed by atoms with E-state index in [1.54, 1.807) is 0 Å². The third kappa shape index (κ3) is 3.33. The summed E-state index contributed by atoms with van der Waals surface area (Å²) < 4.78 is 5.63. The molecule has 5 nitrogen and oxygen atoms in total. The second kappa shape index (κ2) is 6.00. The second-order valence-electron chi connectivity index (χ2n) is 4.40. The number of anilines is 1. The molecule has 0 saturated carbocycles. The van der Waals surface area contributed by atoms with Gasteiger partial charge in [-0.2, -0.15) is 9.97 Å². The fourth-order valence-electron chi connectivity index (χ4n) is 1.88. The Kier molecular flexibility index (Phi) is 3.73. The lowest BCUT2D eigenvalue weighted by Gasteiger charge is -2.07. The molecule has 2 aromatic carbocycles. The minimum absolute atomic E-state index is 0.190. The molecule has 0 unspecified atom stereocenters. The number of aromatic nitrogens is 3. The maximum atomic E-state index is 5.75. The quantitative estimate of drug-likeness (QED) is 0.794. The van der Waals surface area contributed by atoms with E-state index in [9.17, 15) is 0 Å². The van der Waals surface area contributed by atoms with E-state index in [2.05, 4.69) is 15.0 Å². The van der Waals surface area contributed by atoms with Crippen LogP contribution in [0.25, 0.3) is 11.4 Å². The van der Waals surface area contributed by atoms with Gasteiger partial charge in [0.05, 0.1) is 0 Å². The smallest absolute Gasteiger partial charge is 0.223 e. The number of nitrogens with two attached hydrogens (primary N) is 1. The average Bonchev–Trinajstić information content (AvgIpc) is 2.54. The maximum absolute atomic E-state index is 5.75. The van der Waals surface area contributed by atoms with Gasteiger partial charge in [-0.05, 0) is 12.1 Å². The first-order chi connectivity index (χ1) is 10.3. The molecule has 0 aliphatic rings. The summed E-state index contributed by atoms with van der Waals surface area (Å²) >= 11 is 0. The number of rotatable bonds is 4. The molecule has 2 N–H and O–H groups in total. The predicted molar refractivity (Wildman–Crippen MR) is 80.4 cm³/mol. The number of benzene rings is 2. The molecule has 0 atom stereocenters. The molecule has 3 aromatic rings. The van der Waals surface area contributed by atoms with E-state index in [1.807, 2.05) is 60.7 Å². The van der Waals surface area contributed by atoms with E-state index in [0.717, 1.165) is 11.3 Å². The van der Waals surface area contributed by atoms with Gasteiger partial charge in [0.25, 0.3) is 0 Å². The van der Waals surface area contributed by atoms with Gasteiger partial charge in [-0.3, -0.25) is 0 Å². The van der Waals surface area contributed by atoms with E-state index >= 15 is 0 Å². The molecular weight excluding hydrogens is 264 g/mol. The van der Waals surface area contributed by atoms with Crippen LogP contribution in [-0.4, -0.2) is 15.0 Å². The summed E-state index contributed by atoms with van der Waals surface area (Å²) in [6.07, 6.45) is 0. The van der Waals surface area contributed by atoms with E-state index in [4.69, 9.17) is 10.5 Å². The van der Waals surface area contributed by atoms with Crippen LogP contribution in [0.1, 0.15) is 5.82 Å². The summed E-state index contributed by atoms with van der Waals surface area (Å²) in [6, 6.07) is 19.1. The molecule has 0 spiro atoms. The second-order valence-corrected chi connectivity index (χ2v) is 4.40. The minimum Gasteiger partial charge on any atom is -0.486 e. The zero-order valence-corrected chi connectivity index (χ0v) is 11.3. The summed E-state index contributed by atoms with van der Waals surface area (Å²) in [7, 11) is 0. The van der Waals surface area contributed by atoms with Crippen molar-refractivity contribution in [1.29, 1.82) is 0 Å². The van der Waals surface area contributed by atoms with Gasteiger partial charge in [-0.15, -0.1) is 0 Å². The molecule has 5 heteroatoms. The van der Waals surface area contributed by atoms with Crippen molar-refractivity contribution >= 4 is 5.95 Å². The Labute approximate surface area is 122 Å². The Hall–Kier alpha value is -2.95. The van der Waals surface area contributed by atoms with E-state index in [1.165, 1.54) is 0 Å². The van der Waals surface area contributed by atoms with Crippen LogP contribution in [0.5, 0.6) is 5.75 Å². The highest BCUT2D eigenvalue weighted by Crippen LogP contribution is 2.16. The maximum Gasteiger partial charge on any atom is 0.223 e. The SMILES string of the molecule is Nc1nc(COc2ccccc2)nc(-c2ccccc2)n1. The normalized spacial score (nSPS) is 10.3. The minimum atomic E-state index is 0.190. The van der Waals surface area contributed by atoms with Crippen molar-refractivity contribution in [3.05, 3.63) is 66.5 Å². The molecule has 0 bridgehead atoms. The number of nitrogen functional groups attached to an aromatic ring is 1. The van der Waals surface area contributed by atoms with Gasteiger partial charge in [-0.25, -0.2) is 4.98 Å². The fraction of sp³-hybridized carbons (Fsp3) is 0.0625. The van der Waals surface area contributed by atoms with Gasteiger partial charge >= 0.3 is 0 Å². The first-order valence-electron chi connectivity index (χ1n) is 6.55. The standard InChI is InChI=1S/C16H14N4O/c17-16-19-14(11-21-13-9-5-2-6-10-13)18-15(20-16)12-7-3-1-4-8-12/h1-10H,11H2,(H2,17,18,19,20). The van der Waals surface area contributed by atoms with Crippen LogP contribution in [-0.2, 0) is 6.61 Å². The van der Waals surface area contributed by atoms with Crippen molar-refractivity contribution in [3.63, 3.8) is 0 Å². The van der Waals surface area contributed by atoms with Crippen molar-refractivity contribution in [1.82, 2.24) is 15.0 Å². The van der Waals surface area contributed by atoms with Gasteiger partial charge in [0.1, 0.15) is 12.4 Å². The molecule has 0 fully saturated rings. The van der Waals surface area contributed by atoms with Gasteiger partial charge in [0.15, 0.2) is 11.6 Å². The van der Waals surface area contributed by atoms with Crippen LogP contribution >= 0.6 is 0 Å². The first-order valence-corrected chi connectivity index (χ1v) is 6.55. The Morgan fingerprint density at radius 2 is 1.48 bits per heavy atom. The van der Waals surface area contributed by atoms with Crippen molar-refractivity contribution < 1.29 is 4.74 Å². The Balaban J connectivity index is 1.82. The lowest BCUT2D eigenvalue weighted by Crippen LogP contribution is -2.07. The van der Waals surface area contributed by atoms with Gasteiger partial charge in [0.2, 0.25) is 5.95 Å². The van der Waals surface area contributed by atoms with Crippen molar-refractivity contribution in [3.8, 4) is 17.1 Å². The predicted octanol–water partition coefficient (Wildman–Crippen LogP) is 2.70. The molecule has 21 heavy (non-hydrogen) atoms. The first kappa shape index (κ1) is 13.1. The summed E-state index contributed by atoms with van der Waals surface area (Å²) in [5, 5.41) is 0. The molecule has 0 aliphatic heterocycles. The van der Waals surface area contributed by atoms with Crippen LogP contribution in [0.4, 0.5) is 5.95 Å². The molecule has 0 saturated heterocycles. The third-order valence-electron chi connectivity index (χ3n) is 2.84. The number of nitrogens with zero attached hydrogens (tertiary/aromatic N) is 3. The Bertz CT molecular complexity index is 717. The molecule has 3 rings (SSSR count). The highest BCUT2D eigenvalue weighted by Gasteiger charge is 2.07. The number of hydrogen-bond acceptors (Lipinski definition) is 5. The van der Waals surface area contributed by atoms with Crippen LogP contribution in [0, 0.1) is 0 Å². The highest BCUT2D eigenvalue weighted by atomic mass is 16.5. The van der Waals surface area contributed by atoms with Crippen LogP contribution in [0.15, 0.2) is 60.7 Å². The van der Waals surface area contributed by atoms with Crippen LogP contribution in [0.2, 0.25) is 0 Å². The van der Waals surface area contributed by atoms with Crippen molar-refractivity contribution in [2.45, 2.75) is 6.61 Å². The Morgan fingerprint density at radius 3 is 2.19 bits per heavy atom. The van der Waals surface area contributed by atoms with Gasteiger partial charge in [0, 0.05) is 5.56 Å². The van der Waals surface area contributed by atoms with Crippen molar-refractivity contribution in [2.24, 2.45) is 0 Å². The lowest BCUT2D eigenvalue weighted by molar-refractivity contribution is 0.296. The van der Waals surface area contributed by atoms with Gasteiger partial charge in [-0.1, -0.05) is 48.5 Å². The topological polar surface area (TPSA) is 73.9 Å². The molecule has 1 aromatic heterocycles. The van der Waals surface area contributed by atoms with Crippen molar-refractivity contribution in [2.75, 3.05) is 5.73 Å². The number of hydrogen-bond donors (Lipinski definition) is 1. The number of ether oxygens (including phenoxy) is 1. The zero-order valence-electron chi connectivity index (χ0n) is 11.3. The summed E-state index contributed by atoms with van der Waals surface area (Å²) in [6.45, 7) is 0.247. The van der Waals surface area contributed by atoms with Gasteiger partial charge < -0.3 is 10.5 Å². The zero-order chi connectivity index (χ0) is 14.5. The van der Waals surface area contributed by atoms with E-state index in [0.29, 0.717) is 11.6 Å². The molecule has 104 valence electrons. The molecule has 0 aliphatic carbocycles. The lowest BCUT2D eigenvalue weighted by atomic mass is 10.2. The third-order valence-corrected chi connectivity index (χ3v) is 2.84. The highest BCUT2D eigenvalue weighted by molar-refractivity contribution is 5.55. The molecular formula is C16H14N4O. The fourth-order valence-corrected chi connectivity index (χ4v) is 1.88. The number of para-hydroxylation sites is 1. The average molecular weight is 278 g/mol. The summed E-state index contributed by atoms with van der Waals surface area (Å²) in [5.74, 6) is 2.01. The van der Waals surface area contributed by atoms with E-state index < -0.39 is 0 Å². The largest absolute Gasteiger partial charge is 0.486 e. The molecule has 0 amide bonds. The summed E-state index contributed by atoms with van der Waals surface area (Å²) in [5.41, 5.74) is 6.64. The van der Waals surface area contributed by atoms with Crippen LogP contribution in [0.3, 0.4) is 0 Å². The molecule has 0 radical (unpaired) electrons. The van der Waals surface area contributed by atoms with Crippen LogP contribution < -0.4 is 10.5 Å². The summed E-state index contributed by atoms with van der Waals surface area (Å²) in [4.78, 5) is 12.7. The Morgan fingerprint density at radius 1 is 0.810 bits per heavy atom. The monoisotopic (exact) mass is 278 g/mol. The molecule has 1 heterocycles. The van der Waals surface area contributed by atoms with E-state index in [-0.39, 0.29) is 12.6 Å².